The fraction of sp³-hybridized carbons (Fsp3) is 0.0769. The van der Waals surface area contributed by atoms with Gasteiger partial charge < -0.3 is 15.8 Å². The summed E-state index contributed by atoms with van der Waals surface area (Å²) in [7, 11) is 1.87. The Morgan fingerprint density at radius 3 is 2.58 bits per heavy atom. The predicted molar refractivity (Wildman–Crippen MR) is 76.3 cm³/mol. The maximum absolute atomic E-state index is 8.61. The van der Waals surface area contributed by atoms with E-state index >= 15 is 0 Å². The van der Waals surface area contributed by atoms with Crippen LogP contribution in [0.2, 0.25) is 5.02 Å². The molecule has 2 aromatic rings. The van der Waals surface area contributed by atoms with Crippen molar-refractivity contribution in [2.45, 2.75) is 0 Å². The molecule has 98 valence electrons. The van der Waals surface area contributed by atoms with Crippen LogP contribution in [0, 0.1) is 0 Å². The number of benzene rings is 1. The molecule has 5 nitrogen and oxygen atoms in total. The maximum Gasteiger partial charge on any atom is 0.170 e. The van der Waals surface area contributed by atoms with Crippen LogP contribution < -0.4 is 10.6 Å². The molecular weight excluding hydrogens is 264 g/mol. The molecule has 0 aliphatic carbocycles. The summed E-state index contributed by atoms with van der Waals surface area (Å²) in [5.41, 5.74) is 7.05. The van der Waals surface area contributed by atoms with Gasteiger partial charge in [-0.25, -0.2) is 4.98 Å². The number of nitrogens with zero attached hydrogens (tertiary/aromatic N) is 3. The monoisotopic (exact) mass is 276 g/mol. The molecule has 0 fully saturated rings. The Labute approximate surface area is 115 Å². The van der Waals surface area contributed by atoms with E-state index in [2.05, 4.69) is 10.1 Å². The molecule has 0 amide bonds. The van der Waals surface area contributed by atoms with E-state index in [0.717, 1.165) is 5.69 Å². The van der Waals surface area contributed by atoms with Crippen molar-refractivity contribution in [3.8, 4) is 0 Å². The SMILES string of the molecule is CN(c1ccc(C(N)=NO)cc1)c1ncccc1Cl. The van der Waals surface area contributed by atoms with Crippen molar-refractivity contribution in [2.75, 3.05) is 11.9 Å². The minimum atomic E-state index is 0.0741. The van der Waals surface area contributed by atoms with E-state index in [1.165, 1.54) is 0 Å². The van der Waals surface area contributed by atoms with Crippen LogP contribution >= 0.6 is 11.6 Å². The van der Waals surface area contributed by atoms with Gasteiger partial charge in [0.15, 0.2) is 11.7 Å². The van der Waals surface area contributed by atoms with E-state index in [1.54, 1.807) is 30.5 Å². The van der Waals surface area contributed by atoms with Crippen LogP contribution in [0.4, 0.5) is 11.5 Å². The fourth-order valence-electron chi connectivity index (χ4n) is 1.66. The summed E-state index contributed by atoms with van der Waals surface area (Å²) in [6.07, 6.45) is 1.68. The minimum absolute atomic E-state index is 0.0741. The van der Waals surface area contributed by atoms with E-state index in [9.17, 15) is 0 Å². The lowest BCUT2D eigenvalue weighted by atomic mass is 10.2. The van der Waals surface area contributed by atoms with Crippen molar-refractivity contribution in [1.29, 1.82) is 0 Å². The van der Waals surface area contributed by atoms with Gasteiger partial charge >= 0.3 is 0 Å². The van der Waals surface area contributed by atoms with Crippen molar-refractivity contribution in [2.24, 2.45) is 10.9 Å². The zero-order valence-electron chi connectivity index (χ0n) is 10.3. The molecule has 1 aromatic heterocycles. The summed E-state index contributed by atoms with van der Waals surface area (Å²) >= 11 is 6.10. The van der Waals surface area contributed by atoms with Crippen molar-refractivity contribution in [3.05, 3.63) is 53.2 Å². The van der Waals surface area contributed by atoms with Crippen LogP contribution in [-0.2, 0) is 0 Å². The van der Waals surface area contributed by atoms with Crippen molar-refractivity contribution >= 4 is 28.9 Å². The number of rotatable bonds is 3. The first-order valence-corrected chi connectivity index (χ1v) is 5.93. The zero-order chi connectivity index (χ0) is 13.8. The summed E-state index contributed by atoms with van der Waals surface area (Å²) < 4.78 is 0. The fourth-order valence-corrected chi connectivity index (χ4v) is 1.91. The van der Waals surface area contributed by atoms with Crippen LogP contribution in [0.15, 0.2) is 47.8 Å². The number of halogens is 1. The number of oxime groups is 1. The second-order valence-electron chi connectivity index (χ2n) is 3.90. The molecule has 0 bridgehead atoms. The van der Waals surface area contributed by atoms with Gasteiger partial charge in [-0.15, -0.1) is 0 Å². The number of nitrogens with two attached hydrogens (primary N) is 1. The summed E-state index contributed by atoms with van der Waals surface area (Å²) in [5, 5.41) is 12.1. The lowest BCUT2D eigenvalue weighted by molar-refractivity contribution is 0.318. The maximum atomic E-state index is 8.61. The normalized spacial score (nSPS) is 11.4. The molecule has 19 heavy (non-hydrogen) atoms. The van der Waals surface area contributed by atoms with Gasteiger partial charge in [-0.3, -0.25) is 0 Å². The first kappa shape index (κ1) is 13.2. The molecule has 1 aromatic carbocycles. The molecule has 0 saturated carbocycles. The van der Waals surface area contributed by atoms with Crippen molar-refractivity contribution in [3.63, 3.8) is 0 Å². The molecule has 0 aliphatic rings. The van der Waals surface area contributed by atoms with E-state index < -0.39 is 0 Å². The van der Waals surface area contributed by atoms with Gasteiger partial charge in [0.05, 0.1) is 5.02 Å². The number of anilines is 2. The molecule has 2 rings (SSSR count). The van der Waals surface area contributed by atoms with Crippen LogP contribution in [-0.4, -0.2) is 23.1 Å². The highest BCUT2D eigenvalue weighted by Gasteiger charge is 2.09. The van der Waals surface area contributed by atoms with Gasteiger partial charge in [-0.2, -0.15) is 0 Å². The molecule has 6 heteroatoms. The molecular formula is C13H13ClN4O. The molecule has 0 aliphatic heterocycles. The zero-order valence-corrected chi connectivity index (χ0v) is 11.0. The summed E-state index contributed by atoms with van der Waals surface area (Å²) in [6.45, 7) is 0. The standard InChI is InChI=1S/C13H13ClN4O/c1-18(13-11(14)3-2-8-16-13)10-6-4-9(5-7-10)12(15)17-19/h2-8,19H,1H3,(H2,15,17). The Hall–Kier alpha value is -2.27. The minimum Gasteiger partial charge on any atom is -0.409 e. The molecule has 3 N–H and O–H groups in total. The summed E-state index contributed by atoms with van der Waals surface area (Å²) in [4.78, 5) is 6.09. The van der Waals surface area contributed by atoms with Gasteiger partial charge in [0.2, 0.25) is 0 Å². The molecule has 0 spiro atoms. The van der Waals surface area contributed by atoms with Gasteiger partial charge in [0.25, 0.3) is 0 Å². The number of pyridine rings is 1. The highest BCUT2D eigenvalue weighted by atomic mass is 35.5. The Morgan fingerprint density at radius 2 is 2.00 bits per heavy atom. The van der Waals surface area contributed by atoms with Crippen molar-refractivity contribution in [1.82, 2.24) is 4.98 Å². The number of aromatic nitrogens is 1. The van der Waals surface area contributed by atoms with Gasteiger partial charge in [-0.05, 0) is 36.4 Å². The number of amidine groups is 1. The van der Waals surface area contributed by atoms with E-state index in [0.29, 0.717) is 16.4 Å². The van der Waals surface area contributed by atoms with E-state index in [4.69, 9.17) is 22.5 Å². The third kappa shape index (κ3) is 2.77. The average molecular weight is 277 g/mol. The lowest BCUT2D eigenvalue weighted by Gasteiger charge is -2.19. The van der Waals surface area contributed by atoms with Gasteiger partial charge in [0.1, 0.15) is 0 Å². The smallest absolute Gasteiger partial charge is 0.170 e. The molecule has 1 heterocycles. The van der Waals surface area contributed by atoms with Gasteiger partial charge in [-0.1, -0.05) is 16.8 Å². The predicted octanol–water partition coefficient (Wildman–Crippen LogP) is 2.60. The van der Waals surface area contributed by atoms with Gasteiger partial charge in [0, 0.05) is 24.5 Å². The van der Waals surface area contributed by atoms with E-state index in [1.807, 2.05) is 24.1 Å². The average Bonchev–Trinajstić information content (AvgIpc) is 2.46. The molecule has 0 saturated heterocycles. The Morgan fingerprint density at radius 1 is 1.32 bits per heavy atom. The Bertz CT molecular complexity index is 598. The first-order valence-electron chi connectivity index (χ1n) is 5.55. The van der Waals surface area contributed by atoms with Crippen molar-refractivity contribution < 1.29 is 5.21 Å². The lowest BCUT2D eigenvalue weighted by Crippen LogP contribution is -2.14. The first-order chi connectivity index (χ1) is 9.13. The second kappa shape index (κ2) is 5.58. The van der Waals surface area contributed by atoms with Crippen LogP contribution in [0.5, 0.6) is 0 Å². The third-order valence-corrected chi connectivity index (χ3v) is 3.01. The summed E-state index contributed by atoms with van der Waals surface area (Å²) in [5.74, 6) is 0.741. The van der Waals surface area contributed by atoms with E-state index in [-0.39, 0.29) is 5.84 Å². The third-order valence-electron chi connectivity index (χ3n) is 2.71. The number of hydrogen-bond donors (Lipinski definition) is 2. The second-order valence-corrected chi connectivity index (χ2v) is 4.31. The Kier molecular flexibility index (Phi) is 3.87. The topological polar surface area (TPSA) is 74.7 Å². The quantitative estimate of drug-likeness (QED) is 0.391. The highest BCUT2D eigenvalue weighted by molar-refractivity contribution is 6.33. The van der Waals surface area contributed by atoms with Crippen LogP contribution in [0.25, 0.3) is 0 Å². The number of hydrogen-bond acceptors (Lipinski definition) is 4. The molecule has 0 radical (unpaired) electrons. The summed E-state index contributed by atoms with van der Waals surface area (Å²) in [6, 6.07) is 10.8. The molecule has 0 unspecified atom stereocenters. The highest BCUT2D eigenvalue weighted by Crippen LogP contribution is 2.27. The van der Waals surface area contributed by atoms with Crippen LogP contribution in [0.1, 0.15) is 5.56 Å². The van der Waals surface area contributed by atoms with Crippen LogP contribution in [0.3, 0.4) is 0 Å². The Balaban J connectivity index is 2.30. The largest absolute Gasteiger partial charge is 0.409 e. The molecule has 0 atom stereocenters.